The van der Waals surface area contributed by atoms with Crippen LogP contribution in [-0.4, -0.2) is 43.0 Å². The zero-order valence-corrected chi connectivity index (χ0v) is 14.4. The molecule has 1 aliphatic heterocycles. The fourth-order valence-corrected chi connectivity index (χ4v) is 3.10. The van der Waals surface area contributed by atoms with E-state index in [1.807, 2.05) is 12.1 Å². The number of benzene rings is 2. The monoisotopic (exact) mass is 336 g/mol. The molecule has 0 spiro atoms. The second-order valence-electron chi connectivity index (χ2n) is 5.70. The Labute approximate surface area is 144 Å². The van der Waals surface area contributed by atoms with Crippen molar-refractivity contribution in [1.29, 1.82) is 0 Å². The van der Waals surface area contributed by atoms with Gasteiger partial charge in [0.1, 0.15) is 0 Å². The van der Waals surface area contributed by atoms with Gasteiger partial charge in [0.2, 0.25) is 0 Å². The molecule has 0 aromatic heterocycles. The Hall–Kier alpha value is -1.06. The fourth-order valence-electron chi connectivity index (χ4n) is 2.97. The zero-order valence-electron chi connectivity index (χ0n) is 12.8. The van der Waals surface area contributed by atoms with Crippen LogP contribution in [0.15, 0.2) is 54.6 Å². The van der Waals surface area contributed by atoms with Crippen molar-refractivity contribution >= 4 is 24.0 Å². The van der Waals surface area contributed by atoms with E-state index in [0.29, 0.717) is 6.04 Å². The van der Waals surface area contributed by atoms with Gasteiger partial charge >= 0.3 is 0 Å². The van der Waals surface area contributed by atoms with Crippen molar-refractivity contribution in [3.63, 3.8) is 0 Å². The molecule has 1 saturated heterocycles. The van der Waals surface area contributed by atoms with Gasteiger partial charge in [0.15, 0.2) is 0 Å². The largest absolute Gasteiger partial charge is 0.304 e. The average Bonchev–Trinajstić information content (AvgIpc) is 2.52. The first kappa shape index (κ1) is 17.3. The summed E-state index contributed by atoms with van der Waals surface area (Å²) in [6.45, 7) is 4.44. The fraction of sp³-hybridized carbons (Fsp3) is 0.333. The van der Waals surface area contributed by atoms with Gasteiger partial charge in [0, 0.05) is 31.2 Å². The van der Waals surface area contributed by atoms with Crippen molar-refractivity contribution in [1.82, 2.24) is 9.80 Å². The highest BCUT2D eigenvalue weighted by molar-refractivity contribution is 6.30. The summed E-state index contributed by atoms with van der Waals surface area (Å²) in [4.78, 5) is 4.96. The van der Waals surface area contributed by atoms with E-state index >= 15 is 0 Å². The minimum Gasteiger partial charge on any atom is -0.304 e. The molecule has 0 N–H and O–H groups in total. The lowest BCUT2D eigenvalue weighted by Crippen LogP contribution is -2.46. The molecule has 1 heterocycles. The van der Waals surface area contributed by atoms with Crippen LogP contribution in [0.5, 0.6) is 0 Å². The van der Waals surface area contributed by atoms with Gasteiger partial charge in [-0.15, -0.1) is 12.4 Å². The van der Waals surface area contributed by atoms with Crippen LogP contribution in [-0.2, 0) is 0 Å². The molecule has 2 aromatic rings. The molecule has 1 aliphatic rings. The van der Waals surface area contributed by atoms with E-state index in [4.69, 9.17) is 11.6 Å². The summed E-state index contributed by atoms with van der Waals surface area (Å²) in [5.74, 6) is 0. The molecule has 1 atom stereocenters. The van der Waals surface area contributed by atoms with E-state index in [2.05, 4.69) is 59.3 Å². The first-order chi connectivity index (χ1) is 10.2. The Bertz CT molecular complexity index is 563. The summed E-state index contributed by atoms with van der Waals surface area (Å²) in [5.41, 5.74) is 2.67. The van der Waals surface area contributed by atoms with Crippen LogP contribution in [0.3, 0.4) is 0 Å². The first-order valence-electron chi connectivity index (χ1n) is 7.47. The molecule has 0 unspecified atom stereocenters. The minimum atomic E-state index is 0. The third-order valence-electron chi connectivity index (χ3n) is 4.20. The van der Waals surface area contributed by atoms with Gasteiger partial charge < -0.3 is 4.90 Å². The lowest BCUT2D eigenvalue weighted by atomic mass is 9.96. The summed E-state index contributed by atoms with van der Waals surface area (Å²) >= 11 is 6.05. The van der Waals surface area contributed by atoms with Crippen molar-refractivity contribution in [2.75, 3.05) is 33.2 Å². The first-order valence-corrected chi connectivity index (χ1v) is 7.85. The molecule has 22 heavy (non-hydrogen) atoms. The normalized spacial score (nSPS) is 17.7. The standard InChI is InChI=1S/C18H21ClN2.ClH/c1-20-11-13-21(14-12-20)18(15-5-3-2-4-6-15)16-7-9-17(19)10-8-16;/h2-10,18H,11-14H2,1H3;1H/t18-;/m0./s1. The highest BCUT2D eigenvalue weighted by Gasteiger charge is 2.25. The Morgan fingerprint density at radius 1 is 0.818 bits per heavy atom. The average molecular weight is 337 g/mol. The molecule has 2 nitrogen and oxygen atoms in total. The van der Waals surface area contributed by atoms with Gasteiger partial charge in [-0.1, -0.05) is 54.1 Å². The molecule has 4 heteroatoms. The molecule has 0 aliphatic carbocycles. The van der Waals surface area contributed by atoms with Crippen LogP contribution in [0.1, 0.15) is 17.2 Å². The maximum Gasteiger partial charge on any atom is 0.0602 e. The number of piperazine rings is 1. The van der Waals surface area contributed by atoms with Crippen molar-refractivity contribution in [2.24, 2.45) is 0 Å². The van der Waals surface area contributed by atoms with Crippen LogP contribution in [0.2, 0.25) is 5.02 Å². The number of hydrogen-bond donors (Lipinski definition) is 0. The number of halogens is 2. The van der Waals surface area contributed by atoms with Crippen LogP contribution >= 0.6 is 24.0 Å². The molecule has 3 rings (SSSR count). The van der Waals surface area contributed by atoms with E-state index in [9.17, 15) is 0 Å². The molecule has 1 fully saturated rings. The third kappa shape index (κ3) is 4.02. The molecular weight excluding hydrogens is 315 g/mol. The summed E-state index contributed by atoms with van der Waals surface area (Å²) in [6.07, 6.45) is 0. The maximum absolute atomic E-state index is 6.05. The Kier molecular flexibility index (Phi) is 6.27. The number of likely N-dealkylation sites (N-methyl/N-ethyl adjacent to an activating group) is 1. The summed E-state index contributed by atoms with van der Waals surface area (Å²) in [5, 5.41) is 0.795. The lowest BCUT2D eigenvalue weighted by molar-refractivity contribution is 0.127. The SMILES string of the molecule is CN1CCN([C@@H](c2ccccc2)c2ccc(Cl)cc2)CC1.Cl. The van der Waals surface area contributed by atoms with Crippen molar-refractivity contribution in [3.8, 4) is 0 Å². The smallest absolute Gasteiger partial charge is 0.0602 e. The predicted molar refractivity (Wildman–Crippen MR) is 96.1 cm³/mol. The number of hydrogen-bond acceptors (Lipinski definition) is 2. The molecule has 2 aromatic carbocycles. The van der Waals surface area contributed by atoms with Crippen LogP contribution in [0.25, 0.3) is 0 Å². The van der Waals surface area contributed by atoms with Crippen molar-refractivity contribution < 1.29 is 0 Å². The van der Waals surface area contributed by atoms with Crippen molar-refractivity contribution in [2.45, 2.75) is 6.04 Å². The molecule has 118 valence electrons. The Morgan fingerprint density at radius 3 is 1.95 bits per heavy atom. The van der Waals surface area contributed by atoms with Crippen LogP contribution in [0, 0.1) is 0 Å². The Morgan fingerprint density at radius 2 is 1.36 bits per heavy atom. The van der Waals surface area contributed by atoms with E-state index in [1.54, 1.807) is 0 Å². The van der Waals surface area contributed by atoms with Crippen LogP contribution < -0.4 is 0 Å². The third-order valence-corrected chi connectivity index (χ3v) is 4.46. The molecule has 0 radical (unpaired) electrons. The molecule has 0 saturated carbocycles. The topological polar surface area (TPSA) is 6.48 Å². The second-order valence-corrected chi connectivity index (χ2v) is 6.14. The minimum absolute atomic E-state index is 0. The van der Waals surface area contributed by atoms with Gasteiger partial charge in [0.25, 0.3) is 0 Å². The summed E-state index contributed by atoms with van der Waals surface area (Å²) in [6, 6.07) is 19.4. The number of nitrogens with zero attached hydrogens (tertiary/aromatic N) is 2. The van der Waals surface area contributed by atoms with Gasteiger partial charge in [0.05, 0.1) is 6.04 Å². The van der Waals surface area contributed by atoms with Gasteiger partial charge in [-0.3, -0.25) is 4.90 Å². The highest BCUT2D eigenvalue weighted by Crippen LogP contribution is 2.30. The zero-order chi connectivity index (χ0) is 14.7. The predicted octanol–water partition coefficient (Wildman–Crippen LogP) is 4.10. The molecular formula is C18H22Cl2N2. The highest BCUT2D eigenvalue weighted by atomic mass is 35.5. The summed E-state index contributed by atoms with van der Waals surface area (Å²) < 4.78 is 0. The molecule has 0 bridgehead atoms. The van der Waals surface area contributed by atoms with E-state index < -0.39 is 0 Å². The van der Waals surface area contributed by atoms with E-state index in [1.165, 1.54) is 11.1 Å². The quantitative estimate of drug-likeness (QED) is 0.832. The maximum atomic E-state index is 6.05. The molecule has 0 amide bonds. The lowest BCUT2D eigenvalue weighted by Gasteiger charge is -2.38. The van der Waals surface area contributed by atoms with Gasteiger partial charge in [-0.25, -0.2) is 0 Å². The van der Waals surface area contributed by atoms with Gasteiger partial charge in [-0.2, -0.15) is 0 Å². The van der Waals surface area contributed by atoms with Crippen molar-refractivity contribution in [3.05, 3.63) is 70.7 Å². The van der Waals surface area contributed by atoms with Crippen LogP contribution in [0.4, 0.5) is 0 Å². The van der Waals surface area contributed by atoms with Gasteiger partial charge in [-0.05, 0) is 30.3 Å². The van der Waals surface area contributed by atoms with E-state index in [0.717, 1.165) is 31.2 Å². The summed E-state index contributed by atoms with van der Waals surface area (Å²) in [7, 11) is 2.19. The number of rotatable bonds is 3. The Balaban J connectivity index is 0.00000176. The van der Waals surface area contributed by atoms with E-state index in [-0.39, 0.29) is 12.4 Å². The second kappa shape index (κ2) is 7.98.